The molecule has 4 aromatic rings. The third kappa shape index (κ3) is 3.91. The molecule has 0 saturated heterocycles. The highest BCUT2D eigenvalue weighted by Crippen LogP contribution is 2.32. The lowest BCUT2D eigenvalue weighted by atomic mass is 10.1. The fraction of sp³-hybridized carbons (Fsp3) is 0.167. The van der Waals surface area contributed by atoms with Crippen LogP contribution in [0.25, 0.3) is 4.96 Å². The first-order valence-corrected chi connectivity index (χ1v) is 9.13. The molecule has 10 heteroatoms. The first kappa shape index (κ1) is 18.2. The number of nitrogens with zero attached hydrogens (tertiary/aromatic N) is 4. The number of phenols is 1. The quantitative estimate of drug-likeness (QED) is 0.514. The number of alkyl halides is 3. The first-order chi connectivity index (χ1) is 13.4. The summed E-state index contributed by atoms with van der Waals surface area (Å²) in [7, 11) is 0. The minimum Gasteiger partial charge on any atom is -0.508 e. The van der Waals surface area contributed by atoms with Gasteiger partial charge in [-0.1, -0.05) is 29.5 Å². The highest BCUT2D eigenvalue weighted by Gasteiger charge is 2.30. The molecule has 0 atom stereocenters. The van der Waals surface area contributed by atoms with Gasteiger partial charge in [-0.15, -0.1) is 15.3 Å². The van der Waals surface area contributed by atoms with Crippen molar-refractivity contribution in [3.63, 3.8) is 0 Å². The summed E-state index contributed by atoms with van der Waals surface area (Å²) in [6.45, 7) is 0. The number of anilines is 2. The van der Waals surface area contributed by atoms with E-state index >= 15 is 0 Å². The molecule has 4 rings (SSSR count). The fourth-order valence-electron chi connectivity index (χ4n) is 2.73. The van der Waals surface area contributed by atoms with E-state index in [1.807, 2.05) is 6.07 Å². The van der Waals surface area contributed by atoms with Gasteiger partial charge >= 0.3 is 6.18 Å². The van der Waals surface area contributed by atoms with E-state index in [1.54, 1.807) is 28.8 Å². The molecule has 0 bridgehead atoms. The number of fused-ring (bicyclic) bond motifs is 1. The maximum atomic E-state index is 12.8. The highest BCUT2D eigenvalue weighted by molar-refractivity contribution is 7.20. The largest absolute Gasteiger partial charge is 0.508 e. The molecule has 2 aromatic carbocycles. The number of phenolic OH excluding ortho intramolecular Hbond substituents is 1. The second-order valence-corrected chi connectivity index (χ2v) is 7.05. The molecule has 2 heterocycles. The number of nitrogens with one attached hydrogen (secondary N) is 1. The molecule has 0 saturated carbocycles. The van der Waals surface area contributed by atoms with Crippen LogP contribution in [0.15, 0.2) is 48.5 Å². The van der Waals surface area contributed by atoms with Crippen molar-refractivity contribution in [2.45, 2.75) is 19.0 Å². The SMILES string of the molecule is Oc1cccc(CCc2nnc3sc(Nc4cccc(C(F)(F)F)c4)nn23)c1. The molecule has 2 N–H and O–H groups in total. The van der Waals surface area contributed by atoms with Crippen molar-refractivity contribution in [3.05, 3.63) is 65.5 Å². The number of halogens is 3. The van der Waals surface area contributed by atoms with Gasteiger partial charge in [0.05, 0.1) is 5.56 Å². The molecule has 0 aliphatic heterocycles. The van der Waals surface area contributed by atoms with Gasteiger partial charge in [-0.25, -0.2) is 0 Å². The molecule has 0 amide bonds. The number of benzene rings is 2. The molecular formula is C18H14F3N5OS. The van der Waals surface area contributed by atoms with Crippen molar-refractivity contribution < 1.29 is 18.3 Å². The summed E-state index contributed by atoms with van der Waals surface area (Å²) >= 11 is 1.20. The highest BCUT2D eigenvalue weighted by atomic mass is 32.1. The number of hydrogen-bond acceptors (Lipinski definition) is 6. The summed E-state index contributed by atoms with van der Waals surface area (Å²) in [6, 6.07) is 11.9. The third-order valence-electron chi connectivity index (χ3n) is 4.04. The van der Waals surface area contributed by atoms with Gasteiger partial charge in [0.25, 0.3) is 0 Å². The van der Waals surface area contributed by atoms with Gasteiger partial charge in [0.1, 0.15) is 5.75 Å². The van der Waals surface area contributed by atoms with Crippen LogP contribution in [-0.2, 0) is 19.0 Å². The number of aryl methyl sites for hydroxylation is 2. The maximum absolute atomic E-state index is 12.8. The van der Waals surface area contributed by atoms with E-state index in [0.717, 1.165) is 17.7 Å². The van der Waals surface area contributed by atoms with Gasteiger partial charge in [-0.05, 0) is 42.3 Å². The van der Waals surface area contributed by atoms with E-state index < -0.39 is 11.7 Å². The van der Waals surface area contributed by atoms with Crippen LogP contribution in [0.4, 0.5) is 24.0 Å². The topological polar surface area (TPSA) is 75.3 Å². The lowest BCUT2D eigenvalue weighted by molar-refractivity contribution is -0.137. The first-order valence-electron chi connectivity index (χ1n) is 8.32. The minimum atomic E-state index is -4.40. The van der Waals surface area contributed by atoms with E-state index in [1.165, 1.54) is 17.4 Å². The maximum Gasteiger partial charge on any atom is 0.416 e. The summed E-state index contributed by atoms with van der Waals surface area (Å²) in [5.41, 5.74) is 0.516. The Labute approximate surface area is 161 Å². The molecule has 0 spiro atoms. The zero-order valence-electron chi connectivity index (χ0n) is 14.3. The molecule has 0 radical (unpaired) electrons. The molecule has 0 unspecified atom stereocenters. The summed E-state index contributed by atoms with van der Waals surface area (Å²) in [6.07, 6.45) is -3.21. The summed E-state index contributed by atoms with van der Waals surface area (Å²) in [4.78, 5) is 0.542. The minimum absolute atomic E-state index is 0.199. The molecule has 0 aliphatic rings. The van der Waals surface area contributed by atoms with Crippen molar-refractivity contribution in [2.24, 2.45) is 0 Å². The smallest absolute Gasteiger partial charge is 0.416 e. The van der Waals surface area contributed by atoms with Crippen molar-refractivity contribution >= 4 is 27.1 Å². The van der Waals surface area contributed by atoms with Crippen molar-refractivity contribution in [1.82, 2.24) is 19.8 Å². The van der Waals surface area contributed by atoms with Crippen LogP contribution in [0, 0.1) is 0 Å². The summed E-state index contributed by atoms with van der Waals surface area (Å²) < 4.78 is 40.1. The lowest BCUT2D eigenvalue weighted by Gasteiger charge is -2.08. The van der Waals surface area contributed by atoms with Gasteiger partial charge < -0.3 is 10.4 Å². The van der Waals surface area contributed by atoms with Crippen LogP contribution in [0.3, 0.4) is 0 Å². The predicted octanol–water partition coefficient (Wildman–Crippen LogP) is 4.44. The monoisotopic (exact) mass is 405 g/mol. The second-order valence-electron chi connectivity index (χ2n) is 6.09. The van der Waals surface area contributed by atoms with E-state index in [9.17, 15) is 18.3 Å². The van der Waals surface area contributed by atoms with Crippen LogP contribution in [0.5, 0.6) is 5.75 Å². The number of aromatic hydroxyl groups is 1. The molecule has 28 heavy (non-hydrogen) atoms. The Morgan fingerprint density at radius 3 is 2.64 bits per heavy atom. The number of rotatable bonds is 5. The Kier molecular flexibility index (Phi) is 4.63. The van der Waals surface area contributed by atoms with Crippen LogP contribution in [-0.4, -0.2) is 24.9 Å². The Bertz CT molecular complexity index is 1120. The van der Waals surface area contributed by atoms with Crippen LogP contribution < -0.4 is 5.32 Å². The van der Waals surface area contributed by atoms with Gasteiger partial charge in [-0.2, -0.15) is 17.7 Å². The zero-order chi connectivity index (χ0) is 19.7. The number of aromatic nitrogens is 4. The Morgan fingerprint density at radius 1 is 1.04 bits per heavy atom. The Balaban J connectivity index is 1.51. The molecule has 0 fully saturated rings. The molecular weight excluding hydrogens is 391 g/mol. The van der Waals surface area contributed by atoms with Gasteiger partial charge in [0.2, 0.25) is 10.1 Å². The van der Waals surface area contributed by atoms with Crippen LogP contribution in [0.2, 0.25) is 0 Å². The molecule has 144 valence electrons. The zero-order valence-corrected chi connectivity index (χ0v) is 15.1. The van der Waals surface area contributed by atoms with Crippen molar-refractivity contribution in [1.29, 1.82) is 0 Å². The second kappa shape index (κ2) is 7.12. The van der Waals surface area contributed by atoms with Crippen LogP contribution >= 0.6 is 11.3 Å². The standard InChI is InChI=1S/C18H14F3N5OS/c19-18(20,21)12-4-2-5-13(10-12)22-16-25-26-15(23-24-17(26)28-16)8-7-11-3-1-6-14(27)9-11/h1-6,9-10,27H,7-8H2,(H,22,25). The third-order valence-corrected chi connectivity index (χ3v) is 4.86. The Hall–Kier alpha value is -3.14. The number of hydrogen-bond donors (Lipinski definition) is 2. The van der Waals surface area contributed by atoms with E-state index in [0.29, 0.717) is 34.4 Å². The summed E-state index contributed by atoms with van der Waals surface area (Å²) in [5, 5.41) is 25.4. The summed E-state index contributed by atoms with van der Waals surface area (Å²) in [5.74, 6) is 0.830. The van der Waals surface area contributed by atoms with Gasteiger partial charge in [0, 0.05) is 12.1 Å². The van der Waals surface area contributed by atoms with E-state index in [-0.39, 0.29) is 5.75 Å². The van der Waals surface area contributed by atoms with Crippen molar-refractivity contribution in [3.8, 4) is 5.75 Å². The molecule has 2 aromatic heterocycles. The van der Waals surface area contributed by atoms with Gasteiger partial charge in [-0.3, -0.25) is 0 Å². The molecule has 0 aliphatic carbocycles. The van der Waals surface area contributed by atoms with Crippen molar-refractivity contribution in [2.75, 3.05) is 5.32 Å². The average Bonchev–Trinajstić information content (AvgIpc) is 3.20. The van der Waals surface area contributed by atoms with Gasteiger partial charge in [0.15, 0.2) is 5.82 Å². The predicted molar refractivity (Wildman–Crippen MR) is 98.9 cm³/mol. The van der Waals surface area contributed by atoms with Crippen LogP contribution in [0.1, 0.15) is 17.0 Å². The normalized spacial score (nSPS) is 11.8. The van der Waals surface area contributed by atoms with E-state index in [4.69, 9.17) is 0 Å². The van der Waals surface area contributed by atoms with E-state index in [2.05, 4.69) is 20.6 Å². The fourth-order valence-corrected chi connectivity index (χ4v) is 3.51. The lowest BCUT2D eigenvalue weighted by Crippen LogP contribution is -2.05. The molecule has 6 nitrogen and oxygen atoms in total. The Morgan fingerprint density at radius 2 is 1.86 bits per heavy atom. The average molecular weight is 405 g/mol.